The molecular weight excluding hydrogens is 264 g/mol. The number of carbonyl (C=O) groups is 2. The number of rotatable bonds is 7. The maximum absolute atomic E-state index is 11.5. The maximum atomic E-state index is 11.5. The van der Waals surface area contributed by atoms with E-state index in [0.29, 0.717) is 24.8 Å². The largest absolute Gasteiger partial charge is 0.355 e. The topological polar surface area (TPSA) is 74.3 Å². The molecular formula is C12H20N4O2S. The molecule has 0 spiro atoms. The maximum Gasteiger partial charge on any atom is 0.234 e. The third-order valence-electron chi connectivity index (χ3n) is 2.41. The molecule has 6 nitrogen and oxygen atoms in total. The lowest BCUT2D eigenvalue weighted by molar-refractivity contribution is -0.122. The van der Waals surface area contributed by atoms with Gasteiger partial charge in [0.15, 0.2) is 5.13 Å². The van der Waals surface area contributed by atoms with Crippen LogP contribution in [-0.2, 0) is 16.1 Å². The van der Waals surface area contributed by atoms with Crippen molar-refractivity contribution in [1.82, 2.24) is 15.2 Å². The number of carbonyl (C=O) groups excluding carboxylic acids is 2. The zero-order valence-electron chi connectivity index (χ0n) is 11.5. The van der Waals surface area contributed by atoms with Crippen LogP contribution in [-0.4, -0.2) is 41.3 Å². The van der Waals surface area contributed by atoms with Gasteiger partial charge in [-0.25, -0.2) is 4.98 Å². The highest BCUT2D eigenvalue weighted by atomic mass is 32.1. The third-order valence-corrected chi connectivity index (χ3v) is 3.22. The lowest BCUT2D eigenvalue weighted by atomic mass is 10.4. The predicted octanol–water partition coefficient (Wildman–Crippen LogP) is 1.06. The van der Waals surface area contributed by atoms with Crippen molar-refractivity contribution in [3.8, 4) is 0 Å². The minimum absolute atomic E-state index is 0.0154. The van der Waals surface area contributed by atoms with Gasteiger partial charge in [0, 0.05) is 25.4 Å². The quantitative estimate of drug-likeness (QED) is 0.785. The number of thiazole rings is 1. The van der Waals surface area contributed by atoms with E-state index in [1.165, 1.54) is 18.3 Å². The second-order valence-corrected chi connectivity index (χ2v) is 4.94. The van der Waals surface area contributed by atoms with Crippen LogP contribution in [0.5, 0.6) is 0 Å². The first-order valence-electron chi connectivity index (χ1n) is 6.26. The molecule has 0 saturated heterocycles. The van der Waals surface area contributed by atoms with Crippen LogP contribution in [0.1, 0.15) is 26.5 Å². The molecule has 0 aromatic carbocycles. The number of nitrogens with zero attached hydrogens (tertiary/aromatic N) is 2. The molecule has 0 aliphatic heterocycles. The Morgan fingerprint density at radius 2 is 2.16 bits per heavy atom. The van der Waals surface area contributed by atoms with Crippen LogP contribution in [0.15, 0.2) is 5.38 Å². The molecule has 2 N–H and O–H groups in total. The van der Waals surface area contributed by atoms with Crippen molar-refractivity contribution in [3.63, 3.8) is 0 Å². The van der Waals surface area contributed by atoms with Gasteiger partial charge in [-0.1, -0.05) is 6.92 Å². The lowest BCUT2D eigenvalue weighted by Crippen LogP contribution is -2.36. The Balaban J connectivity index is 2.53. The number of amides is 2. The summed E-state index contributed by atoms with van der Waals surface area (Å²) in [5, 5.41) is 7.91. The fourth-order valence-electron chi connectivity index (χ4n) is 1.55. The molecule has 0 saturated carbocycles. The van der Waals surface area contributed by atoms with E-state index in [4.69, 9.17) is 0 Å². The van der Waals surface area contributed by atoms with Gasteiger partial charge in [-0.3, -0.25) is 14.5 Å². The van der Waals surface area contributed by atoms with Crippen LogP contribution >= 0.6 is 11.3 Å². The normalized spacial score (nSPS) is 10.5. The highest BCUT2D eigenvalue weighted by molar-refractivity contribution is 7.13. The Morgan fingerprint density at radius 3 is 2.74 bits per heavy atom. The van der Waals surface area contributed by atoms with Crippen molar-refractivity contribution in [2.75, 3.05) is 25.0 Å². The van der Waals surface area contributed by atoms with Crippen molar-refractivity contribution >= 4 is 28.3 Å². The van der Waals surface area contributed by atoms with Gasteiger partial charge in [-0.15, -0.1) is 11.3 Å². The number of aromatic nitrogens is 1. The van der Waals surface area contributed by atoms with Gasteiger partial charge in [0.2, 0.25) is 11.8 Å². The van der Waals surface area contributed by atoms with Gasteiger partial charge in [0.25, 0.3) is 0 Å². The highest BCUT2D eigenvalue weighted by Gasteiger charge is 2.11. The molecule has 0 bridgehead atoms. The molecule has 7 heteroatoms. The Bertz CT molecular complexity index is 433. The van der Waals surface area contributed by atoms with Crippen LogP contribution in [0.4, 0.5) is 5.13 Å². The lowest BCUT2D eigenvalue weighted by Gasteiger charge is -2.18. The number of anilines is 1. The summed E-state index contributed by atoms with van der Waals surface area (Å²) in [7, 11) is 0. The van der Waals surface area contributed by atoms with Crippen molar-refractivity contribution < 1.29 is 9.59 Å². The molecule has 0 unspecified atom stereocenters. The van der Waals surface area contributed by atoms with Crippen LogP contribution in [0.3, 0.4) is 0 Å². The van der Waals surface area contributed by atoms with Crippen molar-refractivity contribution in [2.45, 2.75) is 27.3 Å². The van der Waals surface area contributed by atoms with E-state index in [2.05, 4.69) is 15.6 Å². The first-order chi connectivity index (χ1) is 9.05. The Morgan fingerprint density at radius 1 is 1.42 bits per heavy atom. The van der Waals surface area contributed by atoms with Gasteiger partial charge in [0.05, 0.1) is 12.2 Å². The highest BCUT2D eigenvalue weighted by Crippen LogP contribution is 2.16. The van der Waals surface area contributed by atoms with E-state index in [1.807, 2.05) is 24.1 Å². The average Bonchev–Trinajstić information content (AvgIpc) is 2.75. The molecule has 2 amide bonds. The summed E-state index contributed by atoms with van der Waals surface area (Å²) in [5.74, 6) is -0.114. The first kappa shape index (κ1) is 15.6. The molecule has 19 heavy (non-hydrogen) atoms. The summed E-state index contributed by atoms with van der Waals surface area (Å²) >= 11 is 1.39. The second kappa shape index (κ2) is 7.85. The van der Waals surface area contributed by atoms with Crippen LogP contribution in [0.2, 0.25) is 0 Å². The minimum atomic E-state index is -0.129. The molecule has 1 aromatic rings. The smallest absolute Gasteiger partial charge is 0.234 e. The predicted molar refractivity (Wildman–Crippen MR) is 76.1 cm³/mol. The summed E-state index contributed by atoms with van der Waals surface area (Å²) in [6, 6.07) is 0. The second-order valence-electron chi connectivity index (χ2n) is 4.08. The Hall–Kier alpha value is -1.47. The summed E-state index contributed by atoms with van der Waals surface area (Å²) in [4.78, 5) is 28.7. The SMILES string of the molecule is CCNC(=O)CN(CC)Cc1csc(NC(C)=O)n1. The number of likely N-dealkylation sites (N-methyl/N-ethyl adjacent to an activating group) is 2. The molecule has 0 aliphatic rings. The van der Waals surface area contributed by atoms with E-state index in [-0.39, 0.29) is 11.8 Å². The first-order valence-corrected chi connectivity index (χ1v) is 7.14. The summed E-state index contributed by atoms with van der Waals surface area (Å²) in [5.41, 5.74) is 0.861. The molecule has 0 fully saturated rings. The average molecular weight is 284 g/mol. The number of hydrogen-bond acceptors (Lipinski definition) is 5. The van der Waals surface area contributed by atoms with Gasteiger partial charge in [0.1, 0.15) is 0 Å². The van der Waals surface area contributed by atoms with E-state index in [0.717, 1.165) is 12.2 Å². The fraction of sp³-hybridized carbons (Fsp3) is 0.583. The molecule has 1 aromatic heterocycles. The molecule has 0 aliphatic carbocycles. The monoisotopic (exact) mass is 284 g/mol. The van der Waals surface area contributed by atoms with Gasteiger partial charge >= 0.3 is 0 Å². The number of hydrogen-bond donors (Lipinski definition) is 2. The van der Waals surface area contributed by atoms with Crippen LogP contribution < -0.4 is 10.6 Å². The summed E-state index contributed by atoms with van der Waals surface area (Å²) < 4.78 is 0. The zero-order chi connectivity index (χ0) is 14.3. The fourth-order valence-corrected chi connectivity index (χ4v) is 2.30. The van der Waals surface area contributed by atoms with Gasteiger partial charge in [-0.2, -0.15) is 0 Å². The molecule has 0 atom stereocenters. The summed E-state index contributed by atoms with van der Waals surface area (Å²) in [6.07, 6.45) is 0. The van der Waals surface area contributed by atoms with Crippen molar-refractivity contribution in [1.29, 1.82) is 0 Å². The van der Waals surface area contributed by atoms with E-state index in [1.54, 1.807) is 0 Å². The standard InChI is InChI=1S/C12H20N4O2S/c1-4-13-11(18)7-16(5-2)6-10-8-19-12(15-10)14-9(3)17/h8H,4-7H2,1-3H3,(H,13,18)(H,14,15,17). The molecule has 106 valence electrons. The van der Waals surface area contributed by atoms with Gasteiger partial charge in [-0.05, 0) is 13.5 Å². The van der Waals surface area contributed by atoms with Crippen LogP contribution in [0.25, 0.3) is 0 Å². The van der Waals surface area contributed by atoms with Crippen molar-refractivity contribution in [2.24, 2.45) is 0 Å². The van der Waals surface area contributed by atoms with Crippen LogP contribution in [0, 0.1) is 0 Å². The minimum Gasteiger partial charge on any atom is -0.355 e. The Kier molecular flexibility index (Phi) is 6.44. The Labute approximate surface area is 117 Å². The zero-order valence-corrected chi connectivity index (χ0v) is 12.3. The van der Waals surface area contributed by atoms with E-state index >= 15 is 0 Å². The molecule has 1 heterocycles. The third kappa shape index (κ3) is 5.80. The van der Waals surface area contributed by atoms with E-state index in [9.17, 15) is 9.59 Å². The van der Waals surface area contributed by atoms with E-state index < -0.39 is 0 Å². The van der Waals surface area contributed by atoms with Crippen molar-refractivity contribution in [3.05, 3.63) is 11.1 Å². The summed E-state index contributed by atoms with van der Waals surface area (Å²) in [6.45, 7) is 7.72. The molecule has 0 radical (unpaired) electrons. The van der Waals surface area contributed by atoms with Gasteiger partial charge < -0.3 is 10.6 Å². The molecule has 1 rings (SSSR count). The number of nitrogens with one attached hydrogen (secondary N) is 2.